The van der Waals surface area contributed by atoms with Gasteiger partial charge in [-0.2, -0.15) is 0 Å². The third-order valence-electron chi connectivity index (χ3n) is 8.60. The summed E-state index contributed by atoms with van der Waals surface area (Å²) in [6.45, 7) is 26.1. The van der Waals surface area contributed by atoms with Crippen molar-refractivity contribution in [1.82, 2.24) is 14.8 Å². The maximum Gasteiger partial charge on any atom is 0.188 e. The summed E-state index contributed by atoms with van der Waals surface area (Å²) in [6.07, 6.45) is 17.3. The normalized spacial score (nSPS) is 15.2. The van der Waals surface area contributed by atoms with Crippen LogP contribution in [-0.4, -0.2) is 73.2 Å². The standard InChI is InChI=1S/C25H39N3.C9H14.C5H5NOS.CH2O/c1-5-13-27(15-12-19(2)3)23-17-28(18-23)25(20-8-9-20)22-10-11-24-21(16-22)7-6-14-26(24)4;1-4-7-9(6-3)8-5-2;1-4(7)5-6-2-3-8-5;1-2/h10-11,16,19,23H,5-9,12-15,17-18H2,1-4H3;4,6-7H,1,3,5,8H2,2H3;2-3H,1H3;1H2/b;9-7+;;. The maximum atomic E-state index is 10.5. The van der Waals surface area contributed by atoms with Gasteiger partial charge in [0.15, 0.2) is 10.8 Å². The zero-order valence-corrected chi connectivity index (χ0v) is 30.9. The topological polar surface area (TPSA) is 56.8 Å². The molecular formula is C40H60N4O2S. The molecule has 1 saturated heterocycles. The second kappa shape index (κ2) is 21.6. The van der Waals surface area contributed by atoms with Crippen molar-refractivity contribution < 1.29 is 9.59 Å². The molecule has 3 heterocycles. The molecule has 7 heteroatoms. The van der Waals surface area contributed by atoms with E-state index in [4.69, 9.17) is 4.79 Å². The van der Waals surface area contributed by atoms with Crippen LogP contribution < -0.4 is 4.90 Å². The summed E-state index contributed by atoms with van der Waals surface area (Å²) in [4.78, 5) is 30.1. The van der Waals surface area contributed by atoms with E-state index in [0.717, 1.165) is 18.4 Å². The highest BCUT2D eigenvalue weighted by Gasteiger charge is 2.36. The zero-order valence-electron chi connectivity index (χ0n) is 30.1. The first-order chi connectivity index (χ1) is 22.7. The monoisotopic (exact) mass is 660 g/mol. The van der Waals surface area contributed by atoms with Crippen molar-refractivity contribution in [2.75, 3.05) is 44.7 Å². The number of carbonyl (C=O) groups is 2. The molecule has 5 rings (SSSR count). The van der Waals surface area contributed by atoms with Gasteiger partial charge in [-0.05, 0) is 98.4 Å². The molecule has 0 radical (unpaired) electrons. The van der Waals surface area contributed by atoms with Crippen molar-refractivity contribution >= 4 is 35.3 Å². The minimum atomic E-state index is 0.0417. The van der Waals surface area contributed by atoms with E-state index < -0.39 is 0 Å². The Kier molecular flexibility index (Phi) is 18.3. The fraction of sp³-hybridized carbons (Fsp3) is 0.525. The number of hydrogen-bond acceptors (Lipinski definition) is 7. The highest BCUT2D eigenvalue weighted by atomic mass is 32.1. The Balaban J connectivity index is 0.000000331. The van der Waals surface area contributed by atoms with Gasteiger partial charge < -0.3 is 14.6 Å². The minimum absolute atomic E-state index is 0.0417. The molecule has 2 aromatic rings. The van der Waals surface area contributed by atoms with Crippen molar-refractivity contribution in [2.45, 2.75) is 92.0 Å². The number of hydrogen-bond donors (Lipinski definition) is 0. The fourth-order valence-corrected chi connectivity index (χ4v) is 6.53. The molecule has 0 atom stereocenters. The maximum absolute atomic E-state index is 10.5. The molecule has 47 heavy (non-hydrogen) atoms. The molecule has 0 unspecified atom stereocenters. The lowest BCUT2D eigenvalue weighted by molar-refractivity contribution is -0.0980. The van der Waals surface area contributed by atoms with E-state index in [9.17, 15) is 4.79 Å². The number of aromatic nitrogens is 1. The number of ketones is 1. The van der Waals surface area contributed by atoms with E-state index in [1.807, 2.05) is 18.9 Å². The summed E-state index contributed by atoms with van der Waals surface area (Å²) in [7, 11) is 2.23. The number of aryl methyl sites for hydroxylation is 1. The number of anilines is 1. The molecule has 0 bridgehead atoms. The number of Topliss-reactive ketones (excluding diaryl/α,β-unsaturated/α-hetero) is 1. The van der Waals surface area contributed by atoms with Crippen molar-refractivity contribution in [3.05, 3.63) is 88.4 Å². The zero-order chi connectivity index (χ0) is 34.8. The van der Waals surface area contributed by atoms with E-state index in [1.54, 1.807) is 34.5 Å². The van der Waals surface area contributed by atoms with E-state index in [-0.39, 0.29) is 5.78 Å². The smallest absolute Gasteiger partial charge is 0.188 e. The molecule has 1 saturated carbocycles. The number of allylic oxidation sites excluding steroid dienone is 5. The third kappa shape index (κ3) is 13.0. The van der Waals surface area contributed by atoms with Crippen LogP contribution in [0.5, 0.6) is 0 Å². The molecule has 1 aromatic carbocycles. The first kappa shape index (κ1) is 39.9. The first-order valence-corrected chi connectivity index (χ1v) is 18.3. The van der Waals surface area contributed by atoms with Crippen LogP contribution in [0.15, 0.2) is 72.3 Å². The number of rotatable bonds is 13. The van der Waals surface area contributed by atoms with Gasteiger partial charge in [-0.1, -0.05) is 71.6 Å². The van der Waals surface area contributed by atoms with Gasteiger partial charge in [0.25, 0.3) is 0 Å². The van der Waals surface area contributed by atoms with E-state index in [1.165, 1.54) is 113 Å². The summed E-state index contributed by atoms with van der Waals surface area (Å²) in [5.74, 6) is 0.841. The van der Waals surface area contributed by atoms with Gasteiger partial charge in [0.1, 0.15) is 6.79 Å². The Hall–Kier alpha value is -3.29. The fourth-order valence-electron chi connectivity index (χ4n) is 5.99. The van der Waals surface area contributed by atoms with Gasteiger partial charge in [0.2, 0.25) is 0 Å². The molecule has 0 spiro atoms. The molecule has 2 fully saturated rings. The lowest BCUT2D eigenvalue weighted by Gasteiger charge is -2.48. The number of likely N-dealkylation sites (tertiary alicyclic amines) is 1. The van der Waals surface area contributed by atoms with Crippen molar-refractivity contribution in [3.63, 3.8) is 0 Å². The summed E-state index contributed by atoms with van der Waals surface area (Å²) >= 11 is 1.37. The second-order valence-electron chi connectivity index (χ2n) is 12.9. The number of nitrogens with zero attached hydrogens (tertiary/aromatic N) is 4. The number of fused-ring (bicyclic) bond motifs is 1. The predicted molar refractivity (Wildman–Crippen MR) is 203 cm³/mol. The van der Waals surface area contributed by atoms with Gasteiger partial charge in [-0.3, -0.25) is 9.69 Å². The average Bonchev–Trinajstić information content (AvgIpc) is 3.72. The summed E-state index contributed by atoms with van der Waals surface area (Å²) in [5, 5.41) is 2.38. The summed E-state index contributed by atoms with van der Waals surface area (Å²) < 4.78 is 0. The summed E-state index contributed by atoms with van der Waals surface area (Å²) in [6, 6.07) is 8.01. The van der Waals surface area contributed by atoms with Crippen LogP contribution in [-0.2, 0) is 11.2 Å². The average molecular weight is 661 g/mol. The van der Waals surface area contributed by atoms with Crippen LogP contribution in [0, 0.1) is 5.92 Å². The lowest BCUT2D eigenvalue weighted by Crippen LogP contribution is -2.58. The highest BCUT2D eigenvalue weighted by molar-refractivity contribution is 7.11. The van der Waals surface area contributed by atoms with E-state index in [0.29, 0.717) is 5.01 Å². The van der Waals surface area contributed by atoms with Crippen LogP contribution in [0.25, 0.3) is 5.70 Å². The second-order valence-corrected chi connectivity index (χ2v) is 13.8. The molecular weight excluding hydrogens is 601 g/mol. The van der Waals surface area contributed by atoms with Gasteiger partial charge in [-0.25, -0.2) is 4.98 Å². The van der Waals surface area contributed by atoms with E-state index >= 15 is 0 Å². The van der Waals surface area contributed by atoms with Crippen LogP contribution in [0.2, 0.25) is 0 Å². The Labute approximate surface area is 290 Å². The highest BCUT2D eigenvalue weighted by Crippen LogP contribution is 2.42. The number of carbonyl (C=O) groups excluding carboxylic acids is 2. The molecule has 1 aliphatic carbocycles. The van der Waals surface area contributed by atoms with Gasteiger partial charge in [-0.15, -0.1) is 11.3 Å². The number of benzene rings is 1. The number of thiazole rings is 1. The summed E-state index contributed by atoms with van der Waals surface area (Å²) in [5.41, 5.74) is 9.00. The van der Waals surface area contributed by atoms with Gasteiger partial charge in [0.05, 0.1) is 0 Å². The quantitative estimate of drug-likeness (QED) is 0.158. The van der Waals surface area contributed by atoms with Crippen molar-refractivity contribution in [3.8, 4) is 0 Å². The largest absolute Gasteiger partial charge is 0.374 e. The molecule has 0 N–H and O–H groups in total. The SMILES string of the molecule is C=C/C=C(\C=C)CCC.C=O.CC(=O)c1nccs1.CCCN(CCC(C)C)C1CN(C(=C2CC2)c2ccc3c(c2)CCCN3C)C1. The van der Waals surface area contributed by atoms with Crippen LogP contribution in [0.1, 0.15) is 100 Å². The van der Waals surface area contributed by atoms with Crippen molar-refractivity contribution in [1.29, 1.82) is 0 Å². The lowest BCUT2D eigenvalue weighted by atomic mass is 9.95. The molecule has 6 nitrogen and oxygen atoms in total. The molecule has 0 amide bonds. The Morgan fingerprint density at radius 3 is 2.34 bits per heavy atom. The van der Waals surface area contributed by atoms with Crippen LogP contribution >= 0.6 is 11.3 Å². The van der Waals surface area contributed by atoms with Gasteiger partial charge in [0, 0.05) is 62.6 Å². The van der Waals surface area contributed by atoms with Crippen LogP contribution in [0.4, 0.5) is 5.69 Å². The molecule has 1 aromatic heterocycles. The molecule has 2 aliphatic heterocycles. The Morgan fingerprint density at radius 2 is 1.83 bits per heavy atom. The van der Waals surface area contributed by atoms with E-state index in [2.05, 4.69) is 85.8 Å². The molecule has 258 valence electrons. The van der Waals surface area contributed by atoms with Crippen molar-refractivity contribution in [2.24, 2.45) is 5.92 Å². The first-order valence-electron chi connectivity index (χ1n) is 17.4. The van der Waals surface area contributed by atoms with Gasteiger partial charge >= 0.3 is 0 Å². The Bertz CT molecular complexity index is 1300. The van der Waals surface area contributed by atoms with Crippen LogP contribution in [0.3, 0.4) is 0 Å². The predicted octanol–water partition coefficient (Wildman–Crippen LogP) is 9.26. The molecule has 3 aliphatic rings. The Morgan fingerprint density at radius 1 is 1.11 bits per heavy atom. The minimum Gasteiger partial charge on any atom is -0.374 e. The third-order valence-corrected chi connectivity index (χ3v) is 9.48.